The molecule has 0 radical (unpaired) electrons. The van der Waals surface area contributed by atoms with E-state index >= 15 is 0 Å². The van der Waals surface area contributed by atoms with Crippen LogP contribution in [0.15, 0.2) is 6.20 Å². The molecule has 74 valence electrons. The van der Waals surface area contributed by atoms with Crippen LogP contribution in [0.3, 0.4) is 0 Å². The molecule has 1 unspecified atom stereocenters. The lowest BCUT2D eigenvalue weighted by atomic mass is 10.3. The summed E-state index contributed by atoms with van der Waals surface area (Å²) in [6.07, 6.45) is -6.19. The van der Waals surface area contributed by atoms with Crippen molar-refractivity contribution in [3.63, 3.8) is 0 Å². The van der Waals surface area contributed by atoms with Gasteiger partial charge in [-0.05, 0) is 0 Å². The van der Waals surface area contributed by atoms with Gasteiger partial charge >= 0.3 is 6.18 Å². The van der Waals surface area contributed by atoms with E-state index in [0.29, 0.717) is 11.3 Å². The highest BCUT2D eigenvalue weighted by atomic mass is 32.1. The zero-order valence-electron chi connectivity index (χ0n) is 6.50. The minimum Gasteiger partial charge on any atom is -0.473 e. The lowest BCUT2D eigenvalue weighted by Gasteiger charge is -2.11. The van der Waals surface area contributed by atoms with Crippen LogP contribution in [0.5, 0.6) is 5.19 Å². The first-order valence-corrected chi connectivity index (χ1v) is 4.01. The van der Waals surface area contributed by atoms with E-state index in [2.05, 4.69) is 9.72 Å². The fraction of sp³-hybridized carbons (Fsp3) is 0.500. The number of aliphatic hydroxyl groups excluding tert-OH is 1. The molecule has 0 bridgehead atoms. The van der Waals surface area contributed by atoms with Gasteiger partial charge in [-0.25, -0.2) is 4.98 Å². The Labute approximate surface area is 75.8 Å². The van der Waals surface area contributed by atoms with Crippen LogP contribution in [-0.4, -0.2) is 23.4 Å². The summed E-state index contributed by atoms with van der Waals surface area (Å²) in [6, 6.07) is 0. The summed E-state index contributed by atoms with van der Waals surface area (Å²) < 4.78 is 40.4. The number of rotatable bonds is 2. The first-order valence-electron chi connectivity index (χ1n) is 3.19. The molecule has 1 atom stereocenters. The molecule has 0 aliphatic carbocycles. The van der Waals surface area contributed by atoms with Crippen molar-refractivity contribution < 1.29 is 23.0 Å². The molecule has 0 aromatic carbocycles. The first-order chi connectivity index (χ1) is 5.95. The van der Waals surface area contributed by atoms with E-state index in [1.165, 1.54) is 7.11 Å². The number of nitrogens with zero attached hydrogens (tertiary/aromatic N) is 1. The highest BCUT2D eigenvalue weighted by molar-refractivity contribution is 7.13. The third-order valence-corrected chi connectivity index (χ3v) is 2.27. The minimum atomic E-state index is -4.66. The maximum Gasteiger partial charge on any atom is 0.419 e. The van der Waals surface area contributed by atoms with Crippen LogP contribution in [0.1, 0.15) is 11.0 Å². The van der Waals surface area contributed by atoms with E-state index in [9.17, 15) is 13.2 Å². The second-order valence-corrected chi connectivity index (χ2v) is 3.20. The second-order valence-electron chi connectivity index (χ2n) is 2.18. The maximum atomic E-state index is 11.9. The third-order valence-electron chi connectivity index (χ3n) is 1.26. The van der Waals surface area contributed by atoms with Gasteiger partial charge in [-0.3, -0.25) is 0 Å². The van der Waals surface area contributed by atoms with Crippen LogP contribution in [0.4, 0.5) is 13.2 Å². The van der Waals surface area contributed by atoms with E-state index < -0.39 is 12.3 Å². The summed E-state index contributed by atoms with van der Waals surface area (Å²) in [5.74, 6) is 0. The summed E-state index contributed by atoms with van der Waals surface area (Å²) >= 11 is 0.665. The molecule has 1 aromatic heterocycles. The molecule has 0 saturated carbocycles. The second kappa shape index (κ2) is 3.51. The summed E-state index contributed by atoms with van der Waals surface area (Å²) in [7, 11) is 1.29. The average Bonchev–Trinajstić information content (AvgIpc) is 2.48. The number of ether oxygens (including phenoxy) is 1. The summed E-state index contributed by atoms with van der Waals surface area (Å²) in [5.41, 5.74) is 0. The van der Waals surface area contributed by atoms with E-state index in [-0.39, 0.29) is 10.1 Å². The van der Waals surface area contributed by atoms with Crippen LogP contribution in [-0.2, 0) is 0 Å². The highest BCUT2D eigenvalue weighted by Gasteiger charge is 2.40. The Hall–Kier alpha value is -0.820. The average molecular weight is 213 g/mol. The number of alkyl halides is 3. The van der Waals surface area contributed by atoms with Gasteiger partial charge in [-0.1, -0.05) is 11.3 Å². The van der Waals surface area contributed by atoms with Crippen LogP contribution in [0.25, 0.3) is 0 Å². The Morgan fingerprint density at radius 2 is 2.23 bits per heavy atom. The van der Waals surface area contributed by atoms with Gasteiger partial charge < -0.3 is 9.84 Å². The van der Waals surface area contributed by atoms with Crippen molar-refractivity contribution in [2.24, 2.45) is 0 Å². The number of thiazole rings is 1. The number of hydrogen-bond acceptors (Lipinski definition) is 4. The zero-order chi connectivity index (χ0) is 10.1. The van der Waals surface area contributed by atoms with E-state index in [0.717, 1.165) is 6.20 Å². The third kappa shape index (κ3) is 2.31. The maximum absolute atomic E-state index is 11.9. The summed E-state index contributed by atoms with van der Waals surface area (Å²) in [4.78, 5) is 3.23. The van der Waals surface area contributed by atoms with Crippen molar-refractivity contribution in [1.82, 2.24) is 4.98 Å². The van der Waals surface area contributed by atoms with E-state index in [4.69, 9.17) is 5.11 Å². The molecular weight excluding hydrogens is 207 g/mol. The van der Waals surface area contributed by atoms with Gasteiger partial charge in [0.2, 0.25) is 0 Å². The van der Waals surface area contributed by atoms with Crippen LogP contribution in [0, 0.1) is 0 Å². The lowest BCUT2D eigenvalue weighted by Crippen LogP contribution is -2.18. The molecule has 0 spiro atoms. The largest absolute Gasteiger partial charge is 0.473 e. The molecule has 0 fully saturated rings. The SMILES string of the molecule is COc1ncc(C(O)C(F)(F)F)s1. The Morgan fingerprint density at radius 3 is 2.62 bits per heavy atom. The molecule has 1 rings (SSSR count). The first kappa shape index (κ1) is 10.3. The molecule has 3 nitrogen and oxygen atoms in total. The van der Waals surface area contributed by atoms with Gasteiger partial charge in [0, 0.05) is 6.20 Å². The molecule has 0 saturated heterocycles. The minimum absolute atomic E-state index is 0.0956. The molecule has 7 heteroatoms. The fourth-order valence-corrected chi connectivity index (χ4v) is 1.39. The molecule has 0 aliphatic heterocycles. The molecule has 0 aliphatic rings. The van der Waals surface area contributed by atoms with E-state index in [1.54, 1.807) is 0 Å². The lowest BCUT2D eigenvalue weighted by molar-refractivity contribution is -0.205. The molecule has 1 heterocycles. The molecule has 1 N–H and O–H groups in total. The van der Waals surface area contributed by atoms with Gasteiger partial charge in [-0.2, -0.15) is 13.2 Å². The molecule has 1 aromatic rings. The van der Waals surface area contributed by atoms with Gasteiger partial charge in [0.05, 0.1) is 12.0 Å². The Balaban J connectivity index is 2.83. The fourth-order valence-electron chi connectivity index (χ4n) is 0.652. The predicted molar refractivity (Wildman–Crippen MR) is 39.7 cm³/mol. The standard InChI is InChI=1S/C6H6F3NO2S/c1-12-5-10-2-3(13-5)4(11)6(7,8)9/h2,4,11H,1H3. The number of aromatic nitrogens is 1. The van der Waals surface area contributed by atoms with E-state index in [1.807, 2.05) is 0 Å². The Bertz CT molecular complexity index is 286. The monoisotopic (exact) mass is 213 g/mol. The van der Waals surface area contributed by atoms with Crippen molar-refractivity contribution in [2.75, 3.05) is 7.11 Å². The Morgan fingerprint density at radius 1 is 1.62 bits per heavy atom. The molecule has 0 amide bonds. The highest BCUT2D eigenvalue weighted by Crippen LogP contribution is 2.36. The molecular formula is C6H6F3NO2S. The van der Waals surface area contributed by atoms with Crippen molar-refractivity contribution in [2.45, 2.75) is 12.3 Å². The van der Waals surface area contributed by atoms with Crippen molar-refractivity contribution >= 4 is 11.3 Å². The van der Waals surface area contributed by atoms with Crippen molar-refractivity contribution in [3.05, 3.63) is 11.1 Å². The van der Waals surface area contributed by atoms with Gasteiger partial charge in [0.25, 0.3) is 5.19 Å². The van der Waals surface area contributed by atoms with Crippen LogP contribution >= 0.6 is 11.3 Å². The van der Waals surface area contributed by atoms with Gasteiger partial charge in [0.15, 0.2) is 6.10 Å². The predicted octanol–water partition coefficient (Wildman–Crippen LogP) is 1.75. The Kier molecular flexibility index (Phi) is 2.77. The van der Waals surface area contributed by atoms with Crippen molar-refractivity contribution in [3.8, 4) is 5.19 Å². The quantitative estimate of drug-likeness (QED) is 0.813. The zero-order valence-corrected chi connectivity index (χ0v) is 7.32. The smallest absolute Gasteiger partial charge is 0.419 e. The number of halogens is 3. The van der Waals surface area contributed by atoms with Gasteiger partial charge in [-0.15, -0.1) is 0 Å². The van der Waals surface area contributed by atoms with Gasteiger partial charge in [0.1, 0.15) is 0 Å². The number of methoxy groups -OCH3 is 1. The number of hydrogen-bond donors (Lipinski definition) is 1. The summed E-state index contributed by atoms with van der Waals surface area (Å²) in [6.45, 7) is 0. The van der Waals surface area contributed by atoms with Crippen LogP contribution in [0.2, 0.25) is 0 Å². The topological polar surface area (TPSA) is 42.4 Å². The number of aliphatic hydroxyl groups is 1. The van der Waals surface area contributed by atoms with Crippen LogP contribution < -0.4 is 4.74 Å². The normalized spacial score (nSPS) is 14.2. The molecule has 13 heavy (non-hydrogen) atoms. The summed E-state index contributed by atoms with van der Waals surface area (Å²) in [5, 5.41) is 8.85. The van der Waals surface area contributed by atoms with Crippen molar-refractivity contribution in [1.29, 1.82) is 0 Å².